The first-order valence-corrected chi connectivity index (χ1v) is 7.77. The summed E-state index contributed by atoms with van der Waals surface area (Å²) in [4.78, 5) is 18.1. The van der Waals surface area contributed by atoms with Crippen LogP contribution in [0.25, 0.3) is 10.2 Å². The second-order valence-corrected chi connectivity index (χ2v) is 7.23. The highest BCUT2D eigenvalue weighted by atomic mass is 32.1. The third-order valence-electron chi connectivity index (χ3n) is 3.69. The number of nitrogens with one attached hydrogen (secondary N) is 1. The summed E-state index contributed by atoms with van der Waals surface area (Å²) in [5.74, 6) is 0. The van der Waals surface area contributed by atoms with Gasteiger partial charge < -0.3 is 4.98 Å². The third kappa shape index (κ3) is 2.30. The molecular formula is C14H20N2OS2. The normalized spacial score (nSPS) is 12.3. The molecule has 0 unspecified atom stereocenters. The minimum absolute atomic E-state index is 0.0408. The Bertz CT molecular complexity index is 734. The number of aryl methyl sites for hydroxylation is 2. The molecule has 2 rings (SSSR count). The van der Waals surface area contributed by atoms with Gasteiger partial charge >= 0.3 is 0 Å². The molecule has 5 heteroatoms. The Balaban J connectivity index is 2.87. The van der Waals surface area contributed by atoms with Crippen molar-refractivity contribution in [3.63, 3.8) is 0 Å². The van der Waals surface area contributed by atoms with E-state index in [1.165, 1.54) is 4.88 Å². The Morgan fingerprint density at radius 3 is 2.58 bits per heavy atom. The molecule has 19 heavy (non-hydrogen) atoms. The predicted molar refractivity (Wildman–Crippen MR) is 85.0 cm³/mol. The lowest BCUT2D eigenvalue weighted by molar-refractivity contribution is 0.309. The first-order valence-electron chi connectivity index (χ1n) is 6.55. The third-order valence-corrected chi connectivity index (χ3v) is 5.10. The summed E-state index contributed by atoms with van der Waals surface area (Å²) in [5.41, 5.74) is 0.854. The van der Waals surface area contributed by atoms with Crippen LogP contribution < -0.4 is 5.56 Å². The van der Waals surface area contributed by atoms with Gasteiger partial charge in [0, 0.05) is 10.4 Å². The Morgan fingerprint density at radius 1 is 1.37 bits per heavy atom. The quantitative estimate of drug-likeness (QED) is 0.859. The molecule has 0 bridgehead atoms. The molecule has 1 N–H and O–H groups in total. The molecule has 2 heterocycles. The number of thiophene rings is 1. The van der Waals surface area contributed by atoms with E-state index >= 15 is 0 Å². The van der Waals surface area contributed by atoms with Gasteiger partial charge in [-0.05, 0) is 51.9 Å². The van der Waals surface area contributed by atoms with Gasteiger partial charge in [0.05, 0.1) is 5.39 Å². The second kappa shape index (κ2) is 4.87. The number of rotatable bonds is 3. The highest BCUT2D eigenvalue weighted by Gasteiger charge is 2.24. The van der Waals surface area contributed by atoms with Gasteiger partial charge in [0.15, 0.2) is 4.77 Å². The van der Waals surface area contributed by atoms with E-state index in [-0.39, 0.29) is 11.1 Å². The van der Waals surface area contributed by atoms with E-state index in [0.29, 0.717) is 4.77 Å². The maximum Gasteiger partial charge on any atom is 0.263 e. The molecule has 2 aromatic heterocycles. The van der Waals surface area contributed by atoms with Crippen molar-refractivity contribution in [3.8, 4) is 0 Å². The number of nitrogens with zero attached hydrogens (tertiary/aromatic N) is 1. The van der Waals surface area contributed by atoms with Crippen molar-refractivity contribution in [2.75, 3.05) is 0 Å². The van der Waals surface area contributed by atoms with Crippen LogP contribution in [-0.2, 0) is 5.54 Å². The van der Waals surface area contributed by atoms with Crippen molar-refractivity contribution < 1.29 is 0 Å². The zero-order chi connectivity index (χ0) is 14.4. The molecular weight excluding hydrogens is 276 g/mol. The molecule has 0 spiro atoms. The van der Waals surface area contributed by atoms with Crippen LogP contribution in [-0.4, -0.2) is 9.55 Å². The lowest BCUT2D eigenvalue weighted by Gasteiger charge is -2.27. The summed E-state index contributed by atoms with van der Waals surface area (Å²) in [5, 5.41) is 0.792. The van der Waals surface area contributed by atoms with Gasteiger partial charge in [-0.25, -0.2) is 0 Å². The molecule has 0 aliphatic heterocycles. The lowest BCUT2D eigenvalue weighted by atomic mass is 9.98. The summed E-state index contributed by atoms with van der Waals surface area (Å²) < 4.78 is 2.27. The van der Waals surface area contributed by atoms with E-state index in [1.54, 1.807) is 15.9 Å². The summed E-state index contributed by atoms with van der Waals surface area (Å²) in [6.45, 7) is 10.3. The van der Waals surface area contributed by atoms with Crippen molar-refractivity contribution in [1.29, 1.82) is 0 Å². The van der Waals surface area contributed by atoms with Crippen LogP contribution in [0.3, 0.4) is 0 Å². The molecule has 0 aliphatic carbocycles. The summed E-state index contributed by atoms with van der Waals surface area (Å²) in [6, 6.07) is 0. The van der Waals surface area contributed by atoms with Crippen LogP contribution in [0.1, 0.15) is 44.1 Å². The average Bonchev–Trinajstić information content (AvgIpc) is 2.53. The molecule has 0 aromatic carbocycles. The van der Waals surface area contributed by atoms with Gasteiger partial charge in [-0.2, -0.15) is 0 Å². The maximum absolute atomic E-state index is 12.8. The fourth-order valence-electron chi connectivity index (χ4n) is 2.60. The van der Waals surface area contributed by atoms with Gasteiger partial charge in [-0.15, -0.1) is 11.3 Å². The number of hydrogen-bond donors (Lipinski definition) is 1. The minimum atomic E-state index is -0.254. The monoisotopic (exact) mass is 296 g/mol. The van der Waals surface area contributed by atoms with E-state index < -0.39 is 0 Å². The Morgan fingerprint density at radius 2 is 2.00 bits per heavy atom. The number of H-pyrrole nitrogens is 1. The average molecular weight is 296 g/mol. The summed E-state index contributed by atoms with van der Waals surface area (Å²) >= 11 is 7.00. The zero-order valence-corrected chi connectivity index (χ0v) is 13.7. The van der Waals surface area contributed by atoms with Crippen molar-refractivity contribution in [2.24, 2.45) is 0 Å². The van der Waals surface area contributed by atoms with Crippen LogP contribution in [0.4, 0.5) is 0 Å². The maximum atomic E-state index is 12.8. The molecule has 104 valence electrons. The Kier molecular flexibility index (Phi) is 3.71. The van der Waals surface area contributed by atoms with E-state index in [9.17, 15) is 4.79 Å². The van der Waals surface area contributed by atoms with Crippen molar-refractivity contribution in [2.45, 2.75) is 53.0 Å². The van der Waals surface area contributed by atoms with E-state index in [0.717, 1.165) is 28.6 Å². The smallest absolute Gasteiger partial charge is 0.263 e. The zero-order valence-electron chi connectivity index (χ0n) is 12.1. The SMILES string of the molecule is CCCC(C)(C)n1c(=S)[nH]c2sc(C)c(C)c2c1=O. The Labute approximate surface area is 122 Å². The molecule has 0 amide bonds. The topological polar surface area (TPSA) is 37.8 Å². The standard InChI is InChI=1S/C14H20N2OS2/c1-6-7-14(4,5)16-12(17)10-8(2)9(3)19-11(10)15-13(16)18/h6-7H2,1-5H3,(H,15,18). The van der Waals surface area contributed by atoms with Crippen molar-refractivity contribution in [3.05, 3.63) is 25.6 Å². The van der Waals surface area contributed by atoms with Gasteiger partial charge in [0.25, 0.3) is 5.56 Å². The molecule has 0 saturated carbocycles. The number of hydrogen-bond acceptors (Lipinski definition) is 3. The molecule has 0 fully saturated rings. The van der Waals surface area contributed by atoms with Crippen LogP contribution in [0.5, 0.6) is 0 Å². The molecule has 2 aromatic rings. The lowest BCUT2D eigenvalue weighted by Crippen LogP contribution is -2.37. The van der Waals surface area contributed by atoms with Crippen LogP contribution in [0.15, 0.2) is 4.79 Å². The van der Waals surface area contributed by atoms with Gasteiger partial charge in [0.1, 0.15) is 4.83 Å². The number of fused-ring (bicyclic) bond motifs is 1. The second-order valence-electron chi connectivity index (χ2n) is 5.62. The molecule has 0 saturated heterocycles. The molecule has 0 aliphatic rings. The fraction of sp³-hybridized carbons (Fsp3) is 0.571. The van der Waals surface area contributed by atoms with Gasteiger partial charge in [-0.1, -0.05) is 13.3 Å². The number of aromatic nitrogens is 2. The Hall–Kier alpha value is -0.940. The number of aromatic amines is 1. The van der Waals surface area contributed by atoms with Crippen LogP contribution in [0.2, 0.25) is 0 Å². The van der Waals surface area contributed by atoms with Crippen molar-refractivity contribution in [1.82, 2.24) is 9.55 Å². The molecule has 0 radical (unpaired) electrons. The van der Waals surface area contributed by atoms with E-state index in [2.05, 4.69) is 25.8 Å². The van der Waals surface area contributed by atoms with Crippen LogP contribution in [0, 0.1) is 18.6 Å². The first kappa shape index (κ1) is 14.5. The largest absolute Gasteiger partial charge is 0.323 e. The van der Waals surface area contributed by atoms with E-state index in [4.69, 9.17) is 12.2 Å². The van der Waals surface area contributed by atoms with Gasteiger partial charge in [0.2, 0.25) is 0 Å². The van der Waals surface area contributed by atoms with E-state index in [1.807, 2.05) is 13.8 Å². The highest BCUT2D eigenvalue weighted by Crippen LogP contribution is 2.28. The molecule has 0 atom stereocenters. The first-order chi connectivity index (χ1) is 8.79. The summed E-state index contributed by atoms with van der Waals surface area (Å²) in [7, 11) is 0. The van der Waals surface area contributed by atoms with Crippen molar-refractivity contribution >= 4 is 33.8 Å². The molecule has 3 nitrogen and oxygen atoms in total. The summed E-state index contributed by atoms with van der Waals surface area (Å²) in [6.07, 6.45) is 1.95. The van der Waals surface area contributed by atoms with Crippen LogP contribution >= 0.6 is 23.6 Å². The highest BCUT2D eigenvalue weighted by molar-refractivity contribution is 7.71. The van der Waals surface area contributed by atoms with Gasteiger partial charge in [-0.3, -0.25) is 9.36 Å². The fourth-order valence-corrected chi connectivity index (χ4v) is 4.15. The predicted octanol–water partition coefficient (Wildman–Crippen LogP) is 4.27. The minimum Gasteiger partial charge on any atom is -0.323 e.